The number of pyridine rings is 1. The molecule has 5 rings (SSSR count). The highest BCUT2D eigenvalue weighted by Crippen LogP contribution is 2.39. The highest BCUT2D eigenvalue weighted by molar-refractivity contribution is 5.98. The SMILES string of the molecule is Cc1ncc(CNc2cc(-c3n[nH]c4c3CCC(C)(C)C4)cc(N3CCC(O)C3=O)n2)cn1. The molecule has 1 unspecified atom stereocenters. The first-order chi connectivity index (χ1) is 15.8. The van der Waals surface area contributed by atoms with E-state index in [9.17, 15) is 9.90 Å². The number of fused-ring (bicyclic) bond motifs is 1. The molecule has 0 saturated carbocycles. The highest BCUT2D eigenvalue weighted by Gasteiger charge is 2.33. The van der Waals surface area contributed by atoms with Gasteiger partial charge in [0.05, 0.1) is 5.69 Å². The van der Waals surface area contributed by atoms with Gasteiger partial charge in [0.25, 0.3) is 5.91 Å². The zero-order chi connectivity index (χ0) is 23.2. The van der Waals surface area contributed by atoms with Gasteiger partial charge in [-0.15, -0.1) is 0 Å². The molecule has 1 fully saturated rings. The number of rotatable bonds is 5. The Bertz CT molecular complexity index is 1190. The predicted octanol–water partition coefficient (Wildman–Crippen LogP) is 2.79. The van der Waals surface area contributed by atoms with E-state index in [0.29, 0.717) is 31.1 Å². The average Bonchev–Trinajstić information content (AvgIpc) is 3.35. The van der Waals surface area contributed by atoms with E-state index in [4.69, 9.17) is 0 Å². The molecular formula is C24H29N7O2. The van der Waals surface area contributed by atoms with Crippen LogP contribution >= 0.6 is 0 Å². The molecule has 0 bridgehead atoms. The third-order valence-electron chi connectivity index (χ3n) is 6.51. The number of aliphatic hydroxyl groups is 1. The molecule has 172 valence electrons. The van der Waals surface area contributed by atoms with E-state index in [1.54, 1.807) is 17.3 Å². The minimum atomic E-state index is -0.975. The van der Waals surface area contributed by atoms with Gasteiger partial charge in [-0.05, 0) is 43.7 Å². The van der Waals surface area contributed by atoms with Crippen LogP contribution < -0.4 is 10.2 Å². The Hall–Kier alpha value is -3.33. The van der Waals surface area contributed by atoms with E-state index in [2.05, 4.69) is 44.3 Å². The number of carbonyl (C=O) groups is 1. The van der Waals surface area contributed by atoms with Crippen molar-refractivity contribution in [2.24, 2.45) is 5.41 Å². The summed E-state index contributed by atoms with van der Waals surface area (Å²) in [6.07, 6.45) is 6.01. The lowest BCUT2D eigenvalue weighted by molar-refractivity contribution is -0.124. The van der Waals surface area contributed by atoms with Gasteiger partial charge in [0, 0.05) is 54.3 Å². The molecule has 0 radical (unpaired) electrons. The van der Waals surface area contributed by atoms with Crippen LogP contribution in [-0.2, 0) is 24.2 Å². The van der Waals surface area contributed by atoms with E-state index in [0.717, 1.165) is 41.9 Å². The molecule has 1 atom stereocenters. The molecular weight excluding hydrogens is 418 g/mol. The first-order valence-electron chi connectivity index (χ1n) is 11.4. The summed E-state index contributed by atoms with van der Waals surface area (Å²) in [4.78, 5) is 27.2. The quantitative estimate of drug-likeness (QED) is 0.550. The first kappa shape index (κ1) is 21.5. The minimum absolute atomic E-state index is 0.251. The molecule has 3 aromatic heterocycles. The molecule has 2 aliphatic rings. The Morgan fingerprint density at radius 3 is 2.79 bits per heavy atom. The summed E-state index contributed by atoms with van der Waals surface area (Å²) < 4.78 is 0. The number of nitrogens with one attached hydrogen (secondary N) is 2. The Kier molecular flexibility index (Phi) is 5.36. The number of aromatic amines is 1. The molecule has 9 heteroatoms. The van der Waals surface area contributed by atoms with Crippen LogP contribution in [-0.4, -0.2) is 48.8 Å². The Morgan fingerprint density at radius 2 is 2.06 bits per heavy atom. The molecule has 3 N–H and O–H groups in total. The van der Waals surface area contributed by atoms with Gasteiger partial charge in [-0.2, -0.15) is 5.10 Å². The van der Waals surface area contributed by atoms with Crippen LogP contribution in [0.3, 0.4) is 0 Å². The fraction of sp³-hybridized carbons (Fsp3) is 0.458. The number of nitrogens with zero attached hydrogens (tertiary/aromatic N) is 5. The highest BCUT2D eigenvalue weighted by atomic mass is 16.3. The topological polar surface area (TPSA) is 120 Å². The third kappa shape index (κ3) is 4.32. The lowest BCUT2D eigenvalue weighted by Crippen LogP contribution is -2.30. The number of hydrogen-bond donors (Lipinski definition) is 3. The van der Waals surface area contributed by atoms with Gasteiger partial charge in [-0.25, -0.2) is 15.0 Å². The molecule has 0 aromatic carbocycles. The van der Waals surface area contributed by atoms with Crippen molar-refractivity contribution in [1.29, 1.82) is 0 Å². The standard InChI is InChI=1S/C24H29N7O2/c1-14-25-11-15(12-26-14)13-27-20-8-16(9-21(28-20)31-7-5-19(32)23(31)33)22-17-4-6-24(2,3)10-18(17)29-30-22/h8-9,11-12,19,32H,4-7,10,13H2,1-3H3,(H,27,28)(H,29,30). The van der Waals surface area contributed by atoms with Crippen molar-refractivity contribution in [3.63, 3.8) is 0 Å². The van der Waals surface area contributed by atoms with Gasteiger partial charge in [0.1, 0.15) is 23.6 Å². The summed E-state index contributed by atoms with van der Waals surface area (Å²) in [5, 5.41) is 21.2. The maximum atomic E-state index is 12.5. The average molecular weight is 448 g/mol. The van der Waals surface area contributed by atoms with Gasteiger partial charge in [-0.1, -0.05) is 13.8 Å². The second-order valence-electron chi connectivity index (χ2n) is 9.76. The fourth-order valence-corrected chi connectivity index (χ4v) is 4.56. The second kappa shape index (κ2) is 8.22. The molecule has 9 nitrogen and oxygen atoms in total. The lowest BCUT2D eigenvalue weighted by Gasteiger charge is -2.29. The molecule has 1 aliphatic heterocycles. The first-order valence-corrected chi connectivity index (χ1v) is 11.4. The summed E-state index contributed by atoms with van der Waals surface area (Å²) >= 11 is 0. The number of H-pyrrole nitrogens is 1. The van der Waals surface area contributed by atoms with E-state index in [-0.39, 0.29) is 11.3 Å². The fourth-order valence-electron chi connectivity index (χ4n) is 4.56. The van der Waals surface area contributed by atoms with Crippen LogP contribution in [0, 0.1) is 12.3 Å². The summed E-state index contributed by atoms with van der Waals surface area (Å²) in [5.41, 5.74) is 5.39. The zero-order valence-electron chi connectivity index (χ0n) is 19.2. The van der Waals surface area contributed by atoms with Crippen LogP contribution in [0.1, 0.15) is 49.3 Å². The maximum Gasteiger partial charge on any atom is 0.257 e. The number of hydrogen-bond acceptors (Lipinski definition) is 7. The summed E-state index contributed by atoms with van der Waals surface area (Å²) in [6.45, 7) is 7.35. The Labute approximate surface area is 192 Å². The monoisotopic (exact) mass is 447 g/mol. The Morgan fingerprint density at radius 1 is 1.27 bits per heavy atom. The molecule has 1 saturated heterocycles. The van der Waals surface area contributed by atoms with Crippen LogP contribution in [0.15, 0.2) is 24.5 Å². The normalized spacial score (nSPS) is 19.6. The minimum Gasteiger partial charge on any atom is -0.383 e. The number of aromatic nitrogens is 5. The van der Waals surface area contributed by atoms with Crippen LogP contribution in [0.2, 0.25) is 0 Å². The van der Waals surface area contributed by atoms with Crippen molar-refractivity contribution in [2.45, 2.75) is 59.1 Å². The van der Waals surface area contributed by atoms with E-state index < -0.39 is 6.10 Å². The largest absolute Gasteiger partial charge is 0.383 e. The van der Waals surface area contributed by atoms with E-state index in [1.165, 1.54) is 11.3 Å². The smallest absolute Gasteiger partial charge is 0.257 e. The van der Waals surface area contributed by atoms with Gasteiger partial charge in [0.2, 0.25) is 0 Å². The van der Waals surface area contributed by atoms with Crippen molar-refractivity contribution < 1.29 is 9.90 Å². The zero-order valence-corrected chi connectivity index (χ0v) is 19.2. The van der Waals surface area contributed by atoms with Gasteiger partial charge >= 0.3 is 0 Å². The lowest BCUT2D eigenvalue weighted by atomic mass is 9.76. The van der Waals surface area contributed by atoms with Crippen molar-refractivity contribution in [3.8, 4) is 11.3 Å². The van der Waals surface area contributed by atoms with Crippen LogP contribution in [0.4, 0.5) is 11.6 Å². The number of aliphatic hydroxyl groups excluding tert-OH is 1. The van der Waals surface area contributed by atoms with Crippen molar-refractivity contribution >= 4 is 17.5 Å². The van der Waals surface area contributed by atoms with Gasteiger partial charge in [-0.3, -0.25) is 14.8 Å². The predicted molar refractivity (Wildman–Crippen MR) is 125 cm³/mol. The molecule has 1 aliphatic carbocycles. The number of carbonyl (C=O) groups excluding carboxylic acids is 1. The van der Waals surface area contributed by atoms with Crippen molar-refractivity contribution in [2.75, 3.05) is 16.8 Å². The third-order valence-corrected chi connectivity index (χ3v) is 6.51. The van der Waals surface area contributed by atoms with Crippen LogP contribution in [0.25, 0.3) is 11.3 Å². The number of aryl methyl sites for hydroxylation is 1. The molecule has 4 heterocycles. The number of amides is 1. The van der Waals surface area contributed by atoms with Crippen molar-refractivity contribution in [1.82, 2.24) is 25.1 Å². The second-order valence-corrected chi connectivity index (χ2v) is 9.76. The van der Waals surface area contributed by atoms with Crippen LogP contribution in [0.5, 0.6) is 0 Å². The van der Waals surface area contributed by atoms with E-state index in [1.807, 2.05) is 19.1 Å². The summed E-state index contributed by atoms with van der Waals surface area (Å²) in [6, 6.07) is 3.86. The van der Waals surface area contributed by atoms with Crippen molar-refractivity contribution in [3.05, 3.63) is 47.2 Å². The molecule has 1 amide bonds. The van der Waals surface area contributed by atoms with Gasteiger partial charge in [0.15, 0.2) is 0 Å². The maximum absolute atomic E-state index is 12.5. The molecule has 3 aromatic rings. The summed E-state index contributed by atoms with van der Waals surface area (Å²) in [5.74, 6) is 1.55. The summed E-state index contributed by atoms with van der Waals surface area (Å²) in [7, 11) is 0. The number of anilines is 2. The Balaban J connectivity index is 1.50. The molecule has 33 heavy (non-hydrogen) atoms. The molecule has 0 spiro atoms. The van der Waals surface area contributed by atoms with E-state index >= 15 is 0 Å². The van der Waals surface area contributed by atoms with Gasteiger partial charge < -0.3 is 10.4 Å².